The molecule has 0 aliphatic carbocycles. The highest BCUT2D eigenvalue weighted by Crippen LogP contribution is 2.44. The number of aliphatic hydroxyl groups excluding tert-OH is 1. The van der Waals surface area contributed by atoms with Crippen LogP contribution in [0.25, 0.3) is 43.2 Å². The van der Waals surface area contributed by atoms with Gasteiger partial charge in [0.15, 0.2) is 0 Å². The zero-order valence-corrected chi connectivity index (χ0v) is 25.6. The van der Waals surface area contributed by atoms with E-state index in [0.29, 0.717) is 5.02 Å². The molecule has 2 aromatic carbocycles. The molecule has 3 aromatic heterocycles. The molecule has 0 bridgehead atoms. The van der Waals surface area contributed by atoms with Crippen LogP contribution in [-0.4, -0.2) is 37.1 Å². The maximum Gasteiger partial charge on any atom is 0.124 e. The van der Waals surface area contributed by atoms with Crippen LogP contribution in [0.2, 0.25) is 5.02 Å². The third kappa shape index (κ3) is 5.84. The summed E-state index contributed by atoms with van der Waals surface area (Å²) in [5.41, 5.74) is 7.15. The van der Waals surface area contributed by atoms with Crippen LogP contribution in [0.3, 0.4) is 0 Å². The van der Waals surface area contributed by atoms with Crippen molar-refractivity contribution in [2.45, 2.75) is 65.7 Å². The van der Waals surface area contributed by atoms with E-state index < -0.39 is 11.7 Å². The number of aromatic nitrogens is 4. The number of hydrogen-bond acceptors (Lipinski definition) is 6. The third-order valence-corrected chi connectivity index (χ3v) is 8.01. The van der Waals surface area contributed by atoms with Gasteiger partial charge in [-0.3, -0.25) is 9.67 Å². The van der Waals surface area contributed by atoms with Gasteiger partial charge in [-0.2, -0.15) is 5.10 Å². The fourth-order valence-corrected chi connectivity index (χ4v) is 6.06. The van der Waals surface area contributed by atoms with Crippen LogP contribution in [0.5, 0.6) is 0 Å². The number of nitrogens with zero attached hydrogens (tertiary/aromatic N) is 4. The van der Waals surface area contributed by atoms with Gasteiger partial charge in [-0.1, -0.05) is 23.7 Å². The Morgan fingerprint density at radius 1 is 1.00 bits per heavy atom. The molecule has 0 saturated carbocycles. The number of hydrogen-bond donors (Lipinski definition) is 1. The highest BCUT2D eigenvalue weighted by Gasteiger charge is 2.27. The first-order chi connectivity index (χ1) is 18.8. The molecule has 0 spiro atoms. The summed E-state index contributed by atoms with van der Waals surface area (Å²) in [6, 6.07) is 14.0. The van der Waals surface area contributed by atoms with Crippen LogP contribution in [-0.2, 0) is 10.3 Å². The Morgan fingerprint density at radius 3 is 2.35 bits per heavy atom. The first-order valence-corrected chi connectivity index (χ1v) is 14.5. The number of aryl methyl sites for hydroxylation is 1. The molecule has 1 atom stereocenters. The zero-order chi connectivity index (χ0) is 28.8. The van der Waals surface area contributed by atoms with Gasteiger partial charge in [-0.05, 0) is 95.5 Å². The predicted octanol–water partition coefficient (Wildman–Crippen LogP) is 8.45. The molecule has 6 nitrogen and oxygen atoms in total. The number of benzene rings is 2. The molecule has 0 saturated heterocycles. The van der Waals surface area contributed by atoms with Crippen LogP contribution in [0.15, 0.2) is 61.1 Å². The number of aliphatic hydroxyl groups is 1. The van der Waals surface area contributed by atoms with E-state index in [-0.39, 0.29) is 12.1 Å². The normalized spacial score (nSPS) is 13.2. The summed E-state index contributed by atoms with van der Waals surface area (Å²) in [4.78, 5) is 9.69. The van der Waals surface area contributed by atoms with Gasteiger partial charge in [-0.15, -0.1) is 11.3 Å². The topological polar surface area (TPSA) is 73.1 Å². The second kappa shape index (κ2) is 10.7. The average molecular weight is 575 g/mol. The maximum absolute atomic E-state index is 10.5. The van der Waals surface area contributed by atoms with Crippen molar-refractivity contribution < 1.29 is 9.84 Å². The van der Waals surface area contributed by atoms with Crippen molar-refractivity contribution in [3.05, 3.63) is 77.2 Å². The van der Waals surface area contributed by atoms with E-state index in [1.165, 1.54) is 0 Å². The molecule has 0 amide bonds. The summed E-state index contributed by atoms with van der Waals surface area (Å²) < 4.78 is 9.35. The van der Waals surface area contributed by atoms with Gasteiger partial charge in [0, 0.05) is 34.1 Å². The minimum Gasteiger partial charge on any atom is -0.393 e. The van der Waals surface area contributed by atoms with Crippen molar-refractivity contribution in [2.75, 3.05) is 6.61 Å². The molecule has 40 heavy (non-hydrogen) atoms. The van der Waals surface area contributed by atoms with Gasteiger partial charge in [0.05, 0.1) is 39.9 Å². The first kappa shape index (κ1) is 28.4. The van der Waals surface area contributed by atoms with E-state index in [0.717, 1.165) is 54.3 Å². The van der Waals surface area contributed by atoms with Crippen molar-refractivity contribution >= 4 is 33.2 Å². The molecule has 5 aromatic rings. The molecule has 3 heterocycles. The monoisotopic (exact) mass is 574 g/mol. The predicted molar refractivity (Wildman–Crippen MR) is 165 cm³/mol. The Balaban J connectivity index is 1.67. The quantitative estimate of drug-likeness (QED) is 0.220. The lowest BCUT2D eigenvalue weighted by Gasteiger charge is -2.29. The average Bonchev–Trinajstić information content (AvgIpc) is 3.55. The highest BCUT2D eigenvalue weighted by atomic mass is 35.5. The number of rotatable bonds is 6. The fraction of sp³-hybridized carbons (Fsp3) is 0.344. The Kier molecular flexibility index (Phi) is 7.61. The zero-order valence-electron chi connectivity index (χ0n) is 24.0. The van der Waals surface area contributed by atoms with E-state index in [1.54, 1.807) is 11.3 Å². The summed E-state index contributed by atoms with van der Waals surface area (Å²) in [5, 5.41) is 16.6. The first-order valence-electron chi connectivity index (χ1n) is 13.3. The standard InChI is InChI=1S/C32H35ClN4O2S/c1-19-14-25-29(28(20-8-10-23(33)11-9-20)27(19)26(18-38)39-32(5,6)7)40-30(36-25)21-12-13-34-24(15-21)22-16-35-37(17-22)31(2,3)4/h8-17,26,38H,18H2,1-7H3. The number of ether oxygens (including phenoxy) is 1. The molecular formula is C32H35ClN4O2S. The van der Waals surface area contributed by atoms with Gasteiger partial charge in [0.1, 0.15) is 11.1 Å². The van der Waals surface area contributed by atoms with Crippen molar-refractivity contribution in [1.82, 2.24) is 19.7 Å². The smallest absolute Gasteiger partial charge is 0.124 e. The second-order valence-electron chi connectivity index (χ2n) is 12.0. The minimum atomic E-state index is -0.493. The number of pyridine rings is 1. The lowest BCUT2D eigenvalue weighted by Crippen LogP contribution is -2.25. The Morgan fingerprint density at radius 2 is 1.73 bits per heavy atom. The molecule has 1 N–H and O–H groups in total. The largest absolute Gasteiger partial charge is 0.393 e. The Bertz CT molecular complexity index is 1660. The minimum absolute atomic E-state index is 0.111. The van der Waals surface area contributed by atoms with E-state index in [2.05, 4.69) is 49.9 Å². The van der Waals surface area contributed by atoms with Gasteiger partial charge >= 0.3 is 0 Å². The van der Waals surface area contributed by atoms with Crippen LogP contribution < -0.4 is 0 Å². The van der Waals surface area contributed by atoms with Gasteiger partial charge < -0.3 is 9.84 Å². The summed E-state index contributed by atoms with van der Waals surface area (Å²) >= 11 is 7.88. The molecule has 208 valence electrons. The molecule has 0 radical (unpaired) electrons. The van der Waals surface area contributed by atoms with E-state index in [4.69, 9.17) is 21.3 Å². The molecule has 0 aliphatic rings. The van der Waals surface area contributed by atoms with Crippen molar-refractivity contribution in [3.63, 3.8) is 0 Å². The van der Waals surface area contributed by atoms with Crippen LogP contribution in [0, 0.1) is 6.92 Å². The van der Waals surface area contributed by atoms with Crippen molar-refractivity contribution in [3.8, 4) is 33.0 Å². The van der Waals surface area contributed by atoms with E-state index in [1.807, 2.05) is 74.4 Å². The molecule has 5 rings (SSSR count). The van der Waals surface area contributed by atoms with Gasteiger partial charge in [0.25, 0.3) is 0 Å². The van der Waals surface area contributed by atoms with Crippen LogP contribution in [0.1, 0.15) is 58.8 Å². The lowest BCUT2D eigenvalue weighted by molar-refractivity contribution is -0.0821. The van der Waals surface area contributed by atoms with E-state index >= 15 is 0 Å². The molecule has 0 aliphatic heterocycles. The van der Waals surface area contributed by atoms with E-state index in [9.17, 15) is 5.11 Å². The summed E-state index contributed by atoms with van der Waals surface area (Å²) in [5.74, 6) is 0. The number of halogens is 1. The molecule has 1 unspecified atom stereocenters. The molecule has 8 heteroatoms. The summed E-state index contributed by atoms with van der Waals surface area (Å²) in [6.45, 7) is 14.3. The number of thiazole rings is 1. The van der Waals surface area contributed by atoms with Gasteiger partial charge in [0.2, 0.25) is 0 Å². The van der Waals surface area contributed by atoms with Crippen molar-refractivity contribution in [2.24, 2.45) is 0 Å². The molecule has 0 fully saturated rings. The second-order valence-corrected chi connectivity index (χ2v) is 13.5. The highest BCUT2D eigenvalue weighted by molar-refractivity contribution is 7.22. The van der Waals surface area contributed by atoms with Crippen LogP contribution in [0.4, 0.5) is 0 Å². The number of fused-ring (bicyclic) bond motifs is 1. The summed E-state index contributed by atoms with van der Waals surface area (Å²) in [6.07, 6.45) is 5.21. The fourth-order valence-electron chi connectivity index (χ4n) is 4.81. The maximum atomic E-state index is 10.5. The summed E-state index contributed by atoms with van der Waals surface area (Å²) in [7, 11) is 0. The van der Waals surface area contributed by atoms with Crippen LogP contribution >= 0.6 is 22.9 Å². The lowest BCUT2D eigenvalue weighted by atomic mass is 9.91. The van der Waals surface area contributed by atoms with Gasteiger partial charge in [-0.25, -0.2) is 4.98 Å². The SMILES string of the molecule is Cc1cc2nc(-c3ccnc(-c4cnn(C(C)(C)C)c4)c3)sc2c(-c2ccc(Cl)cc2)c1C(CO)OC(C)(C)C. The Labute approximate surface area is 244 Å². The Hall–Kier alpha value is -3.10. The third-order valence-electron chi connectivity index (χ3n) is 6.62. The molecular weight excluding hydrogens is 540 g/mol. The van der Waals surface area contributed by atoms with Crippen molar-refractivity contribution in [1.29, 1.82) is 0 Å².